The second-order valence-corrected chi connectivity index (χ2v) is 7.19. The zero-order valence-corrected chi connectivity index (χ0v) is 13.6. The van der Waals surface area contributed by atoms with Crippen LogP contribution in [-0.4, -0.2) is 35.7 Å². The van der Waals surface area contributed by atoms with Gasteiger partial charge in [0.25, 0.3) is 10.0 Å². The highest BCUT2D eigenvalue weighted by molar-refractivity contribution is 7.89. The lowest BCUT2D eigenvalue weighted by atomic mass is 10.2. The molecule has 1 aromatic heterocycles. The third-order valence-electron chi connectivity index (χ3n) is 3.64. The van der Waals surface area contributed by atoms with Gasteiger partial charge in [-0.2, -0.15) is 0 Å². The molecular weight excluding hydrogens is 334 g/mol. The summed E-state index contributed by atoms with van der Waals surface area (Å²) in [4.78, 5) is 24.5. The number of sulfonamides is 1. The van der Waals surface area contributed by atoms with Gasteiger partial charge in [0.15, 0.2) is 5.82 Å². The zero-order chi connectivity index (χ0) is 17.3. The molecule has 0 aliphatic carbocycles. The van der Waals surface area contributed by atoms with Crippen LogP contribution in [0.2, 0.25) is 0 Å². The fraction of sp³-hybridized carbons (Fsp3) is 0.267. The molecule has 2 heterocycles. The van der Waals surface area contributed by atoms with Gasteiger partial charge < -0.3 is 9.84 Å². The predicted octanol–water partition coefficient (Wildman–Crippen LogP) is 1.30. The number of amides is 2. The Morgan fingerprint density at radius 2 is 2.04 bits per heavy atom. The van der Waals surface area contributed by atoms with Gasteiger partial charge in [-0.1, -0.05) is 23.4 Å². The van der Waals surface area contributed by atoms with E-state index in [1.165, 1.54) is 18.2 Å². The number of carbonyl (C=O) groups excluding carboxylic acids is 2. The number of hydrogen-bond donors (Lipinski definition) is 1. The molecule has 1 atom stereocenters. The summed E-state index contributed by atoms with van der Waals surface area (Å²) in [5, 5.41) is 6.11. The predicted molar refractivity (Wildman–Crippen MR) is 83.4 cm³/mol. The summed E-state index contributed by atoms with van der Waals surface area (Å²) in [6.45, 7) is 1.66. The van der Waals surface area contributed by atoms with Gasteiger partial charge >= 0.3 is 0 Å². The molecule has 1 fully saturated rings. The number of hydrogen-bond acceptors (Lipinski definition) is 6. The van der Waals surface area contributed by atoms with E-state index in [0.717, 1.165) is 0 Å². The Kier molecular flexibility index (Phi) is 4.10. The molecule has 9 heteroatoms. The molecule has 126 valence electrons. The maximum absolute atomic E-state index is 12.7. The van der Waals surface area contributed by atoms with Crippen LogP contribution in [-0.2, 0) is 19.6 Å². The maximum atomic E-state index is 12.7. The monoisotopic (exact) mass is 349 g/mol. The van der Waals surface area contributed by atoms with E-state index >= 15 is 0 Å². The fourth-order valence-corrected chi connectivity index (χ4v) is 4.17. The number of aromatic nitrogens is 1. The molecule has 2 amide bonds. The number of benzene rings is 1. The van der Waals surface area contributed by atoms with Crippen molar-refractivity contribution in [3.63, 3.8) is 0 Å². The lowest BCUT2D eigenvalue weighted by molar-refractivity contribution is -0.128. The minimum atomic E-state index is -4.09. The van der Waals surface area contributed by atoms with Gasteiger partial charge in [-0.15, -0.1) is 0 Å². The average molecular weight is 349 g/mol. The van der Waals surface area contributed by atoms with Gasteiger partial charge in [0.05, 0.1) is 4.90 Å². The standard InChI is InChI=1S/C15H15N3O5S/c1-10-9-13(17-23-10)16-15(20)12-7-8-14(19)18(12)24(21,22)11-5-3-2-4-6-11/h2-6,9,12H,7-8H2,1H3,(H,16,17,20). The molecule has 0 bridgehead atoms. The lowest BCUT2D eigenvalue weighted by Crippen LogP contribution is -2.45. The van der Waals surface area contributed by atoms with Crippen molar-refractivity contribution < 1.29 is 22.5 Å². The molecule has 0 spiro atoms. The van der Waals surface area contributed by atoms with Crippen molar-refractivity contribution in [2.24, 2.45) is 0 Å². The molecule has 1 aliphatic heterocycles. The van der Waals surface area contributed by atoms with E-state index in [1.54, 1.807) is 25.1 Å². The van der Waals surface area contributed by atoms with E-state index in [4.69, 9.17) is 4.52 Å². The van der Waals surface area contributed by atoms with Crippen molar-refractivity contribution in [2.75, 3.05) is 5.32 Å². The van der Waals surface area contributed by atoms with Crippen molar-refractivity contribution >= 4 is 27.7 Å². The molecule has 1 saturated heterocycles. The first-order chi connectivity index (χ1) is 11.4. The van der Waals surface area contributed by atoms with Gasteiger partial charge in [0, 0.05) is 12.5 Å². The Bertz CT molecular complexity index is 876. The molecule has 0 saturated carbocycles. The van der Waals surface area contributed by atoms with Crippen LogP contribution in [0.3, 0.4) is 0 Å². The Balaban J connectivity index is 1.88. The quantitative estimate of drug-likeness (QED) is 0.891. The molecule has 1 aromatic carbocycles. The first kappa shape index (κ1) is 16.2. The van der Waals surface area contributed by atoms with Crippen molar-refractivity contribution in [2.45, 2.75) is 30.7 Å². The number of carbonyl (C=O) groups is 2. The Labute approximate surface area is 138 Å². The highest BCUT2D eigenvalue weighted by atomic mass is 32.2. The van der Waals surface area contributed by atoms with E-state index in [0.29, 0.717) is 10.1 Å². The van der Waals surface area contributed by atoms with E-state index < -0.39 is 27.9 Å². The topological polar surface area (TPSA) is 110 Å². The molecule has 2 aromatic rings. The van der Waals surface area contributed by atoms with Crippen LogP contribution in [0.5, 0.6) is 0 Å². The van der Waals surface area contributed by atoms with E-state index in [1.807, 2.05) is 0 Å². The molecule has 1 unspecified atom stereocenters. The van der Waals surface area contributed by atoms with Crippen molar-refractivity contribution in [1.82, 2.24) is 9.46 Å². The van der Waals surface area contributed by atoms with Gasteiger partial charge in [-0.3, -0.25) is 9.59 Å². The van der Waals surface area contributed by atoms with Crippen molar-refractivity contribution in [3.8, 4) is 0 Å². The number of anilines is 1. The van der Waals surface area contributed by atoms with Crippen LogP contribution >= 0.6 is 0 Å². The highest BCUT2D eigenvalue weighted by Crippen LogP contribution is 2.28. The van der Waals surface area contributed by atoms with E-state index in [9.17, 15) is 18.0 Å². The number of nitrogens with one attached hydrogen (secondary N) is 1. The highest BCUT2D eigenvalue weighted by Gasteiger charge is 2.44. The molecule has 8 nitrogen and oxygen atoms in total. The summed E-state index contributed by atoms with van der Waals surface area (Å²) in [6.07, 6.45) is 0.107. The summed E-state index contributed by atoms with van der Waals surface area (Å²) >= 11 is 0. The minimum absolute atomic E-state index is 0.0119. The third-order valence-corrected chi connectivity index (χ3v) is 5.49. The largest absolute Gasteiger partial charge is 0.360 e. The second-order valence-electron chi connectivity index (χ2n) is 5.37. The Morgan fingerprint density at radius 3 is 2.67 bits per heavy atom. The first-order valence-corrected chi connectivity index (χ1v) is 8.70. The van der Waals surface area contributed by atoms with Gasteiger partial charge in [-0.05, 0) is 25.5 Å². The minimum Gasteiger partial charge on any atom is -0.360 e. The van der Waals surface area contributed by atoms with Crippen molar-refractivity contribution in [3.05, 3.63) is 42.2 Å². The van der Waals surface area contributed by atoms with E-state index in [2.05, 4.69) is 10.5 Å². The summed E-state index contributed by atoms with van der Waals surface area (Å²) in [5.41, 5.74) is 0. The second kappa shape index (κ2) is 6.08. The van der Waals surface area contributed by atoms with Gasteiger partial charge in [-0.25, -0.2) is 12.7 Å². The van der Waals surface area contributed by atoms with Crippen LogP contribution in [0, 0.1) is 6.92 Å². The van der Waals surface area contributed by atoms with Crippen LogP contribution in [0.4, 0.5) is 5.82 Å². The SMILES string of the molecule is Cc1cc(NC(=O)C2CCC(=O)N2S(=O)(=O)c2ccccc2)no1. The summed E-state index contributed by atoms with van der Waals surface area (Å²) < 4.78 is 30.9. The fourth-order valence-electron chi connectivity index (χ4n) is 2.54. The number of rotatable bonds is 4. The molecule has 3 rings (SSSR count). The maximum Gasteiger partial charge on any atom is 0.267 e. The third kappa shape index (κ3) is 2.90. The summed E-state index contributed by atoms with van der Waals surface area (Å²) in [7, 11) is -4.09. The van der Waals surface area contributed by atoms with Crippen LogP contribution in [0.1, 0.15) is 18.6 Å². The van der Waals surface area contributed by atoms with Crippen LogP contribution in [0.25, 0.3) is 0 Å². The van der Waals surface area contributed by atoms with Gasteiger partial charge in [0.2, 0.25) is 11.8 Å². The Morgan fingerprint density at radius 1 is 1.33 bits per heavy atom. The molecule has 0 radical (unpaired) electrons. The molecule has 24 heavy (non-hydrogen) atoms. The van der Waals surface area contributed by atoms with E-state index in [-0.39, 0.29) is 23.6 Å². The number of aryl methyl sites for hydroxylation is 1. The zero-order valence-electron chi connectivity index (χ0n) is 12.8. The lowest BCUT2D eigenvalue weighted by Gasteiger charge is -2.23. The van der Waals surface area contributed by atoms with Crippen LogP contribution in [0.15, 0.2) is 45.8 Å². The summed E-state index contributed by atoms with van der Waals surface area (Å²) in [5.74, 6) is -0.542. The van der Waals surface area contributed by atoms with Crippen LogP contribution < -0.4 is 5.32 Å². The molecule has 1 N–H and O–H groups in total. The average Bonchev–Trinajstić information content (AvgIpc) is 3.14. The molecular formula is C15H15N3O5S. The smallest absolute Gasteiger partial charge is 0.267 e. The number of nitrogens with zero attached hydrogens (tertiary/aromatic N) is 2. The normalized spacial score (nSPS) is 18.0. The van der Waals surface area contributed by atoms with Crippen molar-refractivity contribution in [1.29, 1.82) is 0 Å². The molecule has 1 aliphatic rings. The Hall–Kier alpha value is -2.68. The first-order valence-electron chi connectivity index (χ1n) is 7.26. The van der Waals surface area contributed by atoms with Gasteiger partial charge in [0.1, 0.15) is 11.8 Å². The summed E-state index contributed by atoms with van der Waals surface area (Å²) in [6, 6.07) is 7.95.